The summed E-state index contributed by atoms with van der Waals surface area (Å²) < 4.78 is 1.19. The Kier molecular flexibility index (Phi) is 4.97. The van der Waals surface area contributed by atoms with Crippen molar-refractivity contribution in [2.45, 2.75) is 39.0 Å². The maximum Gasteiger partial charge on any atom is 0.222 e. The van der Waals surface area contributed by atoms with Gasteiger partial charge < -0.3 is 4.90 Å². The number of nitrogens with one attached hydrogen (secondary N) is 1. The standard InChI is InChI=1S/C19H23N5OS/c1-13-20-17(23-22-13)12-14-8-10-24(11-9-14)19(25)7-6-18-21-15-4-2-3-5-16(15)26-18/h2-5,14H,6-12H2,1H3,(H,20,22,23). The fraction of sp³-hybridized carbons (Fsp3) is 0.474. The molecule has 1 aliphatic heterocycles. The molecule has 0 atom stereocenters. The number of thiazole rings is 1. The molecule has 1 aromatic carbocycles. The predicted molar refractivity (Wildman–Crippen MR) is 102 cm³/mol. The maximum atomic E-state index is 12.5. The number of piperidine rings is 1. The molecule has 3 aromatic rings. The zero-order valence-corrected chi connectivity index (χ0v) is 15.8. The topological polar surface area (TPSA) is 74.8 Å². The van der Waals surface area contributed by atoms with Gasteiger partial charge in [-0.1, -0.05) is 12.1 Å². The van der Waals surface area contributed by atoms with E-state index in [0.717, 1.165) is 60.9 Å². The van der Waals surface area contributed by atoms with Gasteiger partial charge in [-0.3, -0.25) is 9.89 Å². The number of benzene rings is 1. The van der Waals surface area contributed by atoms with E-state index in [1.165, 1.54) is 4.70 Å². The van der Waals surface area contributed by atoms with Gasteiger partial charge in [0.15, 0.2) is 5.82 Å². The van der Waals surface area contributed by atoms with E-state index in [1.807, 2.05) is 30.0 Å². The van der Waals surface area contributed by atoms with Crippen molar-refractivity contribution in [3.63, 3.8) is 0 Å². The van der Waals surface area contributed by atoms with Crippen LogP contribution in [0, 0.1) is 12.8 Å². The molecule has 1 amide bonds. The average molecular weight is 369 g/mol. The van der Waals surface area contributed by atoms with Crippen molar-refractivity contribution in [2.24, 2.45) is 5.92 Å². The van der Waals surface area contributed by atoms with Crippen LogP contribution in [-0.4, -0.2) is 44.1 Å². The molecule has 0 radical (unpaired) electrons. The highest BCUT2D eigenvalue weighted by Crippen LogP contribution is 2.24. The predicted octanol–water partition coefficient (Wildman–Crippen LogP) is 3.14. The summed E-state index contributed by atoms with van der Waals surface area (Å²) in [6, 6.07) is 8.14. The van der Waals surface area contributed by atoms with Crippen molar-refractivity contribution in [3.05, 3.63) is 40.9 Å². The maximum absolute atomic E-state index is 12.5. The number of aryl methyl sites for hydroxylation is 2. The first-order valence-electron chi connectivity index (χ1n) is 9.17. The molecule has 3 heterocycles. The number of carbonyl (C=O) groups excluding carboxylic acids is 1. The molecule has 1 fully saturated rings. The number of hydrogen-bond acceptors (Lipinski definition) is 5. The minimum atomic E-state index is 0.247. The third-order valence-corrected chi connectivity index (χ3v) is 6.07. The molecule has 26 heavy (non-hydrogen) atoms. The van der Waals surface area contributed by atoms with E-state index >= 15 is 0 Å². The lowest BCUT2D eigenvalue weighted by Gasteiger charge is -2.31. The average Bonchev–Trinajstić information content (AvgIpc) is 3.25. The lowest BCUT2D eigenvalue weighted by Crippen LogP contribution is -2.39. The summed E-state index contributed by atoms with van der Waals surface area (Å²) in [6.07, 6.45) is 4.23. The van der Waals surface area contributed by atoms with E-state index < -0.39 is 0 Å². The summed E-state index contributed by atoms with van der Waals surface area (Å²) >= 11 is 1.69. The van der Waals surface area contributed by atoms with Gasteiger partial charge in [-0.15, -0.1) is 11.3 Å². The highest BCUT2D eigenvalue weighted by Gasteiger charge is 2.24. The van der Waals surface area contributed by atoms with Gasteiger partial charge in [-0.25, -0.2) is 9.97 Å². The molecule has 1 N–H and O–H groups in total. The Morgan fingerprint density at radius 1 is 1.27 bits per heavy atom. The van der Waals surface area contributed by atoms with E-state index in [0.29, 0.717) is 12.3 Å². The Morgan fingerprint density at radius 3 is 2.81 bits per heavy atom. The Morgan fingerprint density at radius 2 is 2.08 bits per heavy atom. The Balaban J connectivity index is 1.25. The number of hydrogen-bond donors (Lipinski definition) is 1. The van der Waals surface area contributed by atoms with Gasteiger partial charge in [0.2, 0.25) is 5.91 Å². The first-order valence-corrected chi connectivity index (χ1v) is 9.99. The van der Waals surface area contributed by atoms with Gasteiger partial charge in [-0.2, -0.15) is 5.10 Å². The number of nitrogens with zero attached hydrogens (tertiary/aromatic N) is 4. The molecule has 0 saturated carbocycles. The zero-order chi connectivity index (χ0) is 17.9. The molecule has 1 aliphatic rings. The van der Waals surface area contributed by atoms with Gasteiger partial charge in [0, 0.05) is 32.4 Å². The largest absolute Gasteiger partial charge is 0.343 e. The minimum absolute atomic E-state index is 0.247. The third-order valence-electron chi connectivity index (χ3n) is 4.97. The van der Waals surface area contributed by atoms with Crippen molar-refractivity contribution in [1.82, 2.24) is 25.1 Å². The van der Waals surface area contributed by atoms with Crippen LogP contribution in [0.4, 0.5) is 0 Å². The van der Waals surface area contributed by atoms with Crippen molar-refractivity contribution >= 4 is 27.5 Å². The highest BCUT2D eigenvalue weighted by molar-refractivity contribution is 7.18. The SMILES string of the molecule is Cc1nc(CC2CCN(C(=O)CCc3nc4ccccc4s3)CC2)n[nH]1. The first-order chi connectivity index (χ1) is 12.7. The van der Waals surface area contributed by atoms with Gasteiger partial charge in [-0.05, 0) is 37.8 Å². The summed E-state index contributed by atoms with van der Waals surface area (Å²) in [5.74, 6) is 2.57. The van der Waals surface area contributed by atoms with Crippen LogP contribution in [0.2, 0.25) is 0 Å². The van der Waals surface area contributed by atoms with Crippen molar-refractivity contribution in [1.29, 1.82) is 0 Å². The summed E-state index contributed by atoms with van der Waals surface area (Å²) in [5.41, 5.74) is 1.03. The molecule has 1 saturated heterocycles. The van der Waals surface area contributed by atoms with E-state index in [-0.39, 0.29) is 5.91 Å². The minimum Gasteiger partial charge on any atom is -0.343 e. The van der Waals surface area contributed by atoms with Crippen LogP contribution in [0.25, 0.3) is 10.2 Å². The molecule has 0 spiro atoms. The lowest BCUT2D eigenvalue weighted by molar-refractivity contribution is -0.132. The third kappa shape index (κ3) is 3.93. The monoisotopic (exact) mass is 369 g/mol. The molecule has 4 rings (SSSR count). The second kappa shape index (κ2) is 7.53. The smallest absolute Gasteiger partial charge is 0.222 e. The number of fused-ring (bicyclic) bond motifs is 1. The summed E-state index contributed by atoms with van der Waals surface area (Å²) in [5, 5.41) is 8.17. The van der Waals surface area contributed by atoms with Crippen LogP contribution in [0.3, 0.4) is 0 Å². The molecule has 0 aliphatic carbocycles. The number of likely N-dealkylation sites (tertiary alicyclic amines) is 1. The number of H-pyrrole nitrogens is 1. The highest BCUT2D eigenvalue weighted by atomic mass is 32.1. The summed E-state index contributed by atoms with van der Waals surface area (Å²) in [4.78, 5) is 23.5. The van der Waals surface area contributed by atoms with Crippen LogP contribution in [0.1, 0.15) is 35.9 Å². The fourth-order valence-electron chi connectivity index (χ4n) is 3.52. The van der Waals surface area contributed by atoms with Crippen LogP contribution < -0.4 is 0 Å². The second-order valence-electron chi connectivity index (χ2n) is 6.94. The molecular weight excluding hydrogens is 346 g/mol. The Labute approximate surface area is 156 Å². The van der Waals surface area contributed by atoms with Gasteiger partial charge in [0.25, 0.3) is 0 Å². The van der Waals surface area contributed by atoms with E-state index in [2.05, 4.69) is 26.2 Å². The van der Waals surface area contributed by atoms with Gasteiger partial charge in [0.05, 0.1) is 15.2 Å². The molecule has 0 bridgehead atoms. The van der Waals surface area contributed by atoms with Gasteiger partial charge >= 0.3 is 0 Å². The quantitative estimate of drug-likeness (QED) is 0.750. The number of aromatic nitrogens is 4. The van der Waals surface area contributed by atoms with Crippen molar-refractivity contribution in [3.8, 4) is 0 Å². The van der Waals surface area contributed by atoms with Crippen LogP contribution in [0.15, 0.2) is 24.3 Å². The lowest BCUT2D eigenvalue weighted by atomic mass is 9.93. The zero-order valence-electron chi connectivity index (χ0n) is 14.9. The molecule has 7 heteroatoms. The van der Waals surface area contributed by atoms with Crippen molar-refractivity contribution < 1.29 is 4.79 Å². The number of rotatable bonds is 5. The number of carbonyl (C=O) groups is 1. The fourth-order valence-corrected chi connectivity index (χ4v) is 4.49. The molecule has 136 valence electrons. The van der Waals surface area contributed by atoms with E-state index in [1.54, 1.807) is 11.3 Å². The summed E-state index contributed by atoms with van der Waals surface area (Å²) in [6.45, 7) is 3.60. The molecule has 0 unspecified atom stereocenters. The van der Waals surface area contributed by atoms with E-state index in [4.69, 9.17) is 0 Å². The van der Waals surface area contributed by atoms with Crippen LogP contribution in [0.5, 0.6) is 0 Å². The number of para-hydroxylation sites is 1. The second-order valence-corrected chi connectivity index (χ2v) is 8.06. The molecular formula is C19H23N5OS. The van der Waals surface area contributed by atoms with Gasteiger partial charge in [0.1, 0.15) is 5.82 Å². The molecule has 2 aromatic heterocycles. The molecule has 6 nitrogen and oxygen atoms in total. The normalized spacial score (nSPS) is 15.7. The van der Waals surface area contributed by atoms with Crippen LogP contribution >= 0.6 is 11.3 Å². The Bertz CT molecular complexity index is 861. The van der Waals surface area contributed by atoms with E-state index in [9.17, 15) is 4.79 Å². The Hall–Kier alpha value is -2.28. The summed E-state index contributed by atoms with van der Waals surface area (Å²) in [7, 11) is 0. The van der Waals surface area contributed by atoms with Crippen LogP contribution in [-0.2, 0) is 17.6 Å². The number of aromatic amines is 1. The van der Waals surface area contributed by atoms with Crippen molar-refractivity contribution in [2.75, 3.05) is 13.1 Å². The first kappa shape index (κ1) is 17.1. The number of amides is 1.